The number of piperidine rings is 2. The molecule has 126 valence electrons. The third-order valence-electron chi connectivity index (χ3n) is 5.56. The Bertz CT molecular complexity index is 572. The Morgan fingerprint density at radius 2 is 1.74 bits per heavy atom. The summed E-state index contributed by atoms with van der Waals surface area (Å²) in [5, 5.41) is 0.488. The molecule has 2 heterocycles. The number of hydrogen-bond donors (Lipinski definition) is 0. The first-order chi connectivity index (χ1) is 11.0. The van der Waals surface area contributed by atoms with E-state index in [1.54, 1.807) is 25.3 Å². The molecule has 2 saturated heterocycles. The van der Waals surface area contributed by atoms with Crippen LogP contribution in [0.3, 0.4) is 0 Å². The maximum Gasteiger partial charge on any atom is 0.253 e. The summed E-state index contributed by atoms with van der Waals surface area (Å²) < 4.78 is 5.15. The fourth-order valence-corrected chi connectivity index (χ4v) is 4.02. The average molecular weight is 337 g/mol. The fourth-order valence-electron chi connectivity index (χ4n) is 3.76. The molecule has 1 aromatic rings. The maximum absolute atomic E-state index is 12.7. The molecular weight excluding hydrogens is 312 g/mol. The fraction of sp³-hybridized carbons (Fsp3) is 0.611. The Labute approximate surface area is 143 Å². The van der Waals surface area contributed by atoms with Gasteiger partial charge >= 0.3 is 0 Å². The number of methoxy groups -OCH3 is 1. The number of benzene rings is 1. The second-order valence-corrected chi connectivity index (χ2v) is 7.35. The van der Waals surface area contributed by atoms with Crippen LogP contribution in [0.5, 0.6) is 5.75 Å². The SMILES string of the molecule is COc1ccc(C(=O)N2CCC3(CCN(C)CC3)CC2)cc1Cl. The standard InChI is InChI=1S/C18H25ClN2O2/c1-20-9-5-18(6-10-20)7-11-21(12-8-18)17(22)14-3-4-16(23-2)15(19)13-14/h3-4,13H,5-12H2,1-2H3. The summed E-state index contributed by atoms with van der Waals surface area (Å²) in [4.78, 5) is 17.1. The molecule has 0 saturated carbocycles. The summed E-state index contributed by atoms with van der Waals surface area (Å²) >= 11 is 6.14. The normalized spacial score (nSPS) is 21.4. The van der Waals surface area contributed by atoms with Gasteiger partial charge in [0.15, 0.2) is 0 Å². The highest BCUT2D eigenvalue weighted by Crippen LogP contribution is 2.41. The number of rotatable bonds is 2. The molecule has 0 N–H and O–H groups in total. The molecule has 0 atom stereocenters. The maximum atomic E-state index is 12.7. The lowest BCUT2D eigenvalue weighted by atomic mass is 9.71. The van der Waals surface area contributed by atoms with Gasteiger partial charge in [-0.15, -0.1) is 0 Å². The van der Waals surface area contributed by atoms with Crippen molar-refractivity contribution in [1.29, 1.82) is 0 Å². The molecule has 0 unspecified atom stereocenters. The van der Waals surface area contributed by atoms with Gasteiger partial charge in [0, 0.05) is 18.7 Å². The first-order valence-corrected chi connectivity index (χ1v) is 8.72. The molecule has 0 aromatic heterocycles. The largest absolute Gasteiger partial charge is 0.495 e. The lowest BCUT2D eigenvalue weighted by Gasteiger charge is -2.46. The Hall–Kier alpha value is -1.26. The van der Waals surface area contributed by atoms with E-state index < -0.39 is 0 Å². The van der Waals surface area contributed by atoms with Crippen molar-refractivity contribution < 1.29 is 9.53 Å². The van der Waals surface area contributed by atoms with Crippen molar-refractivity contribution in [2.24, 2.45) is 5.41 Å². The van der Waals surface area contributed by atoms with Crippen molar-refractivity contribution in [2.45, 2.75) is 25.7 Å². The van der Waals surface area contributed by atoms with E-state index in [2.05, 4.69) is 11.9 Å². The summed E-state index contributed by atoms with van der Waals surface area (Å²) in [5.74, 6) is 0.685. The number of hydrogen-bond acceptors (Lipinski definition) is 3. The molecule has 0 radical (unpaired) electrons. The molecule has 4 nitrogen and oxygen atoms in total. The van der Waals surface area contributed by atoms with Crippen molar-refractivity contribution >= 4 is 17.5 Å². The number of likely N-dealkylation sites (tertiary alicyclic amines) is 2. The lowest BCUT2D eigenvalue weighted by molar-refractivity contribution is 0.0352. The number of carbonyl (C=O) groups excluding carboxylic acids is 1. The van der Waals surface area contributed by atoms with Gasteiger partial charge < -0.3 is 14.5 Å². The zero-order valence-electron chi connectivity index (χ0n) is 14.0. The predicted octanol–water partition coefficient (Wildman–Crippen LogP) is 3.30. The summed E-state index contributed by atoms with van der Waals surface area (Å²) in [6.07, 6.45) is 4.77. The highest BCUT2D eigenvalue weighted by atomic mass is 35.5. The zero-order valence-corrected chi connectivity index (χ0v) is 14.7. The first kappa shape index (κ1) is 16.6. The van der Waals surface area contributed by atoms with Crippen LogP contribution in [0.25, 0.3) is 0 Å². The van der Waals surface area contributed by atoms with Crippen LogP contribution in [-0.4, -0.2) is 56.0 Å². The van der Waals surface area contributed by atoms with E-state index in [1.165, 1.54) is 25.9 Å². The molecule has 0 aliphatic carbocycles. The van der Waals surface area contributed by atoms with Crippen LogP contribution < -0.4 is 4.74 Å². The Morgan fingerprint density at radius 1 is 1.13 bits per heavy atom. The number of ether oxygens (including phenoxy) is 1. The van der Waals surface area contributed by atoms with Crippen molar-refractivity contribution in [3.63, 3.8) is 0 Å². The monoisotopic (exact) mass is 336 g/mol. The summed E-state index contributed by atoms with van der Waals surface area (Å²) in [5.41, 5.74) is 1.11. The molecule has 2 aliphatic heterocycles. The molecule has 5 heteroatoms. The molecule has 1 spiro atoms. The van der Waals surface area contributed by atoms with E-state index in [0.29, 0.717) is 21.8 Å². The van der Waals surface area contributed by atoms with E-state index >= 15 is 0 Å². The topological polar surface area (TPSA) is 32.8 Å². The quantitative estimate of drug-likeness (QED) is 0.830. The molecule has 1 amide bonds. The van der Waals surface area contributed by atoms with Gasteiger partial charge in [-0.2, -0.15) is 0 Å². The van der Waals surface area contributed by atoms with Crippen LogP contribution >= 0.6 is 11.6 Å². The molecule has 2 fully saturated rings. The highest BCUT2D eigenvalue weighted by molar-refractivity contribution is 6.32. The Kier molecular flexibility index (Phi) is 4.83. The first-order valence-electron chi connectivity index (χ1n) is 8.34. The van der Waals surface area contributed by atoms with Gasteiger partial charge in [0.05, 0.1) is 12.1 Å². The molecular formula is C18H25ClN2O2. The van der Waals surface area contributed by atoms with Gasteiger partial charge in [-0.1, -0.05) is 11.6 Å². The second-order valence-electron chi connectivity index (χ2n) is 6.94. The van der Waals surface area contributed by atoms with E-state index in [1.807, 2.05) is 4.90 Å². The lowest BCUT2D eigenvalue weighted by Crippen LogP contribution is -2.47. The van der Waals surface area contributed by atoms with Crippen LogP contribution in [0.2, 0.25) is 5.02 Å². The summed E-state index contributed by atoms with van der Waals surface area (Å²) in [6, 6.07) is 5.27. The number of nitrogens with zero attached hydrogens (tertiary/aromatic N) is 2. The minimum absolute atomic E-state index is 0.0809. The molecule has 2 aliphatic rings. The molecule has 0 bridgehead atoms. The summed E-state index contributed by atoms with van der Waals surface area (Å²) in [7, 11) is 3.77. The van der Waals surface area contributed by atoms with Gasteiger partial charge in [-0.25, -0.2) is 0 Å². The minimum atomic E-state index is 0.0809. The Morgan fingerprint density at radius 3 is 2.30 bits per heavy atom. The van der Waals surface area contributed by atoms with Gasteiger partial charge in [0.1, 0.15) is 5.75 Å². The van der Waals surface area contributed by atoms with Crippen LogP contribution in [-0.2, 0) is 0 Å². The van der Waals surface area contributed by atoms with Crippen molar-refractivity contribution in [3.8, 4) is 5.75 Å². The average Bonchev–Trinajstić information content (AvgIpc) is 2.58. The van der Waals surface area contributed by atoms with Crippen molar-refractivity contribution in [3.05, 3.63) is 28.8 Å². The van der Waals surface area contributed by atoms with E-state index in [9.17, 15) is 4.79 Å². The molecule has 23 heavy (non-hydrogen) atoms. The third kappa shape index (κ3) is 3.48. The van der Waals surface area contributed by atoms with E-state index in [-0.39, 0.29) is 5.91 Å². The number of halogens is 1. The van der Waals surface area contributed by atoms with Crippen molar-refractivity contribution in [2.75, 3.05) is 40.3 Å². The second kappa shape index (κ2) is 6.70. The zero-order chi connectivity index (χ0) is 16.4. The van der Waals surface area contributed by atoms with E-state index in [0.717, 1.165) is 25.9 Å². The van der Waals surface area contributed by atoms with Gasteiger partial charge in [-0.05, 0) is 69.4 Å². The van der Waals surface area contributed by atoms with Gasteiger partial charge in [0.25, 0.3) is 5.91 Å². The third-order valence-corrected chi connectivity index (χ3v) is 5.85. The molecule has 3 rings (SSSR count). The van der Waals surface area contributed by atoms with Crippen LogP contribution in [0.1, 0.15) is 36.0 Å². The van der Waals surface area contributed by atoms with Crippen molar-refractivity contribution in [1.82, 2.24) is 9.80 Å². The summed E-state index contributed by atoms with van der Waals surface area (Å²) in [6.45, 7) is 4.07. The van der Waals surface area contributed by atoms with Gasteiger partial charge in [-0.3, -0.25) is 4.79 Å². The number of amides is 1. The van der Waals surface area contributed by atoms with Crippen LogP contribution in [0, 0.1) is 5.41 Å². The van der Waals surface area contributed by atoms with E-state index in [4.69, 9.17) is 16.3 Å². The molecule has 1 aromatic carbocycles. The minimum Gasteiger partial charge on any atom is -0.495 e. The predicted molar refractivity (Wildman–Crippen MR) is 92.3 cm³/mol. The highest BCUT2D eigenvalue weighted by Gasteiger charge is 2.37. The van der Waals surface area contributed by atoms with Crippen LogP contribution in [0.15, 0.2) is 18.2 Å². The Balaban J connectivity index is 1.63. The van der Waals surface area contributed by atoms with Gasteiger partial charge in [0.2, 0.25) is 0 Å². The smallest absolute Gasteiger partial charge is 0.253 e. The number of carbonyl (C=O) groups is 1. The van der Waals surface area contributed by atoms with Crippen LogP contribution in [0.4, 0.5) is 0 Å².